The van der Waals surface area contributed by atoms with E-state index in [0.29, 0.717) is 5.56 Å². The minimum absolute atomic E-state index is 0.114. The van der Waals surface area contributed by atoms with Crippen LogP contribution in [0.3, 0.4) is 0 Å². The minimum Gasteiger partial charge on any atom is -0.545 e. The lowest BCUT2D eigenvalue weighted by molar-refractivity contribution is -0.255. The van der Waals surface area contributed by atoms with Gasteiger partial charge in [0.15, 0.2) is 0 Å². The van der Waals surface area contributed by atoms with Crippen LogP contribution in [0.5, 0.6) is 0 Å². The second kappa shape index (κ2) is 4.25. The molecule has 0 aromatic heterocycles. The normalized spacial score (nSPS) is 10.2. The van der Waals surface area contributed by atoms with E-state index in [4.69, 9.17) is 0 Å². The highest BCUT2D eigenvalue weighted by Crippen LogP contribution is 2.18. The molecule has 2 rings (SSSR count). The van der Waals surface area contributed by atoms with Crippen molar-refractivity contribution in [3.05, 3.63) is 47.5 Å². The molecule has 0 atom stereocenters. The second-order valence-corrected chi connectivity index (χ2v) is 3.56. The Hall–Kier alpha value is -2.36. The number of rotatable bonds is 2. The van der Waals surface area contributed by atoms with Crippen molar-refractivity contribution in [3.63, 3.8) is 0 Å². The third kappa shape index (κ3) is 2.10. The average Bonchev–Trinajstić information content (AvgIpc) is 2.36. The highest BCUT2D eigenvalue weighted by atomic mass is 16.5. The number of carbonyl (C=O) groups excluding carboxylic acids is 2. The third-order valence-electron chi connectivity index (χ3n) is 2.50. The second-order valence-electron chi connectivity index (χ2n) is 3.56. The first-order valence-corrected chi connectivity index (χ1v) is 4.95. The number of carbonyl (C=O) groups is 2. The molecule has 86 valence electrons. The summed E-state index contributed by atoms with van der Waals surface area (Å²) in [7, 11) is 1.31. The standard InChI is InChI=1S/C13H10O4/c1-17-13(16)11-5-3-8-6-10(12(14)15)4-2-9(8)7-11/h2-7H,1H3,(H,14,15)/p-1. The summed E-state index contributed by atoms with van der Waals surface area (Å²) >= 11 is 0. The molecule has 0 aliphatic carbocycles. The number of methoxy groups -OCH3 is 1. The van der Waals surface area contributed by atoms with Gasteiger partial charge in [-0.25, -0.2) is 4.79 Å². The Labute approximate surface area is 97.4 Å². The van der Waals surface area contributed by atoms with E-state index in [1.807, 2.05) is 0 Å². The van der Waals surface area contributed by atoms with Crippen molar-refractivity contribution in [2.75, 3.05) is 7.11 Å². The summed E-state index contributed by atoms with van der Waals surface area (Å²) in [4.78, 5) is 22.0. The number of esters is 1. The van der Waals surface area contributed by atoms with Gasteiger partial charge in [-0.3, -0.25) is 0 Å². The molecule has 2 aromatic rings. The maximum atomic E-state index is 11.3. The van der Waals surface area contributed by atoms with Gasteiger partial charge in [0.1, 0.15) is 0 Å². The predicted octanol–water partition coefficient (Wildman–Crippen LogP) is 0.990. The van der Waals surface area contributed by atoms with Crippen LogP contribution in [0.15, 0.2) is 36.4 Å². The van der Waals surface area contributed by atoms with Gasteiger partial charge in [0.2, 0.25) is 0 Å². The summed E-state index contributed by atoms with van der Waals surface area (Å²) in [6, 6.07) is 9.50. The molecule has 0 aliphatic heterocycles. The summed E-state index contributed by atoms with van der Waals surface area (Å²) in [5.74, 6) is -1.64. The topological polar surface area (TPSA) is 66.4 Å². The molecule has 0 N–H and O–H groups in total. The summed E-state index contributed by atoms with van der Waals surface area (Å²) in [5.41, 5.74) is 0.546. The largest absolute Gasteiger partial charge is 0.545 e. The number of benzene rings is 2. The van der Waals surface area contributed by atoms with Crippen LogP contribution in [0.2, 0.25) is 0 Å². The van der Waals surface area contributed by atoms with Crippen LogP contribution >= 0.6 is 0 Å². The maximum absolute atomic E-state index is 11.3. The van der Waals surface area contributed by atoms with E-state index in [2.05, 4.69) is 4.74 Å². The number of aromatic carboxylic acids is 1. The molecule has 0 bridgehead atoms. The zero-order valence-electron chi connectivity index (χ0n) is 9.10. The average molecular weight is 229 g/mol. The van der Waals surface area contributed by atoms with Gasteiger partial charge < -0.3 is 14.6 Å². The first-order valence-electron chi connectivity index (χ1n) is 4.95. The zero-order valence-corrected chi connectivity index (χ0v) is 9.10. The Morgan fingerprint density at radius 3 is 2.06 bits per heavy atom. The van der Waals surface area contributed by atoms with Crippen LogP contribution < -0.4 is 5.11 Å². The fourth-order valence-electron chi connectivity index (χ4n) is 1.62. The van der Waals surface area contributed by atoms with Crippen molar-refractivity contribution in [2.45, 2.75) is 0 Å². The van der Waals surface area contributed by atoms with E-state index in [-0.39, 0.29) is 5.56 Å². The number of ether oxygens (including phenoxy) is 1. The molecule has 0 radical (unpaired) electrons. The fourth-order valence-corrected chi connectivity index (χ4v) is 1.62. The van der Waals surface area contributed by atoms with Crippen molar-refractivity contribution < 1.29 is 19.4 Å². The molecule has 0 saturated carbocycles. The van der Waals surface area contributed by atoms with Gasteiger partial charge in [0, 0.05) is 0 Å². The van der Waals surface area contributed by atoms with Crippen LogP contribution in [-0.2, 0) is 4.74 Å². The molecule has 2 aromatic carbocycles. The van der Waals surface area contributed by atoms with Crippen LogP contribution in [0.1, 0.15) is 20.7 Å². The van der Waals surface area contributed by atoms with Gasteiger partial charge in [-0.15, -0.1) is 0 Å². The lowest BCUT2D eigenvalue weighted by atomic mass is 10.0. The highest BCUT2D eigenvalue weighted by molar-refractivity contribution is 5.98. The molecule has 0 saturated heterocycles. The van der Waals surface area contributed by atoms with Crippen molar-refractivity contribution in [1.29, 1.82) is 0 Å². The van der Waals surface area contributed by atoms with E-state index >= 15 is 0 Å². The number of hydrogen-bond acceptors (Lipinski definition) is 4. The molecule has 0 amide bonds. The monoisotopic (exact) mass is 229 g/mol. The van der Waals surface area contributed by atoms with Crippen LogP contribution in [-0.4, -0.2) is 19.0 Å². The SMILES string of the molecule is COC(=O)c1ccc2cc(C(=O)[O-])ccc2c1. The third-order valence-corrected chi connectivity index (χ3v) is 2.50. The smallest absolute Gasteiger partial charge is 0.337 e. The predicted molar refractivity (Wildman–Crippen MR) is 59.6 cm³/mol. The molecule has 0 unspecified atom stereocenters. The lowest BCUT2D eigenvalue weighted by Crippen LogP contribution is -2.21. The quantitative estimate of drug-likeness (QED) is 0.720. The highest BCUT2D eigenvalue weighted by Gasteiger charge is 2.06. The van der Waals surface area contributed by atoms with Crippen molar-refractivity contribution in [2.24, 2.45) is 0 Å². The molecular formula is C13H9O4-. The summed E-state index contributed by atoms with van der Waals surface area (Å²) < 4.78 is 4.60. The Morgan fingerprint density at radius 1 is 1.00 bits per heavy atom. The molecule has 4 nitrogen and oxygen atoms in total. The van der Waals surface area contributed by atoms with Crippen molar-refractivity contribution >= 4 is 22.7 Å². The summed E-state index contributed by atoms with van der Waals surface area (Å²) in [5, 5.41) is 12.2. The number of fused-ring (bicyclic) bond motifs is 1. The summed E-state index contributed by atoms with van der Waals surface area (Å²) in [6.45, 7) is 0. The number of carboxylic acid groups (broad SMARTS) is 1. The molecule has 4 heteroatoms. The first-order chi connectivity index (χ1) is 8.11. The number of carboxylic acids is 1. The van der Waals surface area contributed by atoms with E-state index in [1.165, 1.54) is 19.2 Å². The Balaban J connectivity index is 2.54. The first kappa shape index (κ1) is 11.1. The van der Waals surface area contributed by atoms with Crippen molar-refractivity contribution in [3.8, 4) is 0 Å². The molecule has 17 heavy (non-hydrogen) atoms. The fraction of sp³-hybridized carbons (Fsp3) is 0.0769. The maximum Gasteiger partial charge on any atom is 0.337 e. The van der Waals surface area contributed by atoms with Gasteiger partial charge in [0.05, 0.1) is 18.6 Å². The van der Waals surface area contributed by atoms with E-state index in [1.54, 1.807) is 24.3 Å². The zero-order chi connectivity index (χ0) is 12.4. The van der Waals surface area contributed by atoms with Crippen LogP contribution in [0.25, 0.3) is 10.8 Å². The lowest BCUT2D eigenvalue weighted by Gasteiger charge is -2.05. The van der Waals surface area contributed by atoms with E-state index < -0.39 is 11.9 Å². The van der Waals surface area contributed by atoms with Crippen LogP contribution in [0, 0.1) is 0 Å². The van der Waals surface area contributed by atoms with Crippen molar-refractivity contribution in [1.82, 2.24) is 0 Å². The van der Waals surface area contributed by atoms with Gasteiger partial charge in [-0.2, -0.15) is 0 Å². The van der Waals surface area contributed by atoms with Crippen LogP contribution in [0.4, 0.5) is 0 Å². The molecule has 0 fully saturated rings. The Morgan fingerprint density at radius 2 is 1.53 bits per heavy atom. The Bertz CT molecular complexity index is 601. The minimum atomic E-state index is -1.22. The Kier molecular flexibility index (Phi) is 2.78. The molecule has 0 spiro atoms. The number of hydrogen-bond donors (Lipinski definition) is 0. The van der Waals surface area contributed by atoms with Gasteiger partial charge in [-0.05, 0) is 34.5 Å². The molecule has 0 heterocycles. The molecular weight excluding hydrogens is 220 g/mol. The van der Waals surface area contributed by atoms with Gasteiger partial charge in [-0.1, -0.05) is 18.2 Å². The van der Waals surface area contributed by atoms with Gasteiger partial charge in [0.25, 0.3) is 0 Å². The van der Waals surface area contributed by atoms with E-state index in [9.17, 15) is 14.7 Å². The summed E-state index contributed by atoms with van der Waals surface area (Å²) in [6.07, 6.45) is 0. The van der Waals surface area contributed by atoms with E-state index in [0.717, 1.165) is 10.8 Å². The molecule has 0 aliphatic rings. The van der Waals surface area contributed by atoms with Gasteiger partial charge >= 0.3 is 5.97 Å².